The Bertz CT molecular complexity index is 621. The van der Waals surface area contributed by atoms with Gasteiger partial charge in [-0.25, -0.2) is 0 Å². The van der Waals surface area contributed by atoms with Gasteiger partial charge < -0.3 is 19.3 Å². The lowest BCUT2D eigenvalue weighted by Gasteiger charge is -2.35. The third-order valence-electron chi connectivity index (χ3n) is 5.61. The smallest absolute Gasteiger partial charge is 0.255 e. The Labute approximate surface area is 149 Å². The molecule has 1 atom stereocenters. The molecular weight excluding hydrogens is 316 g/mol. The van der Waals surface area contributed by atoms with Crippen LogP contribution in [-0.4, -0.2) is 56.5 Å². The summed E-state index contributed by atoms with van der Waals surface area (Å²) in [5.41, 5.74) is 3.10. The van der Waals surface area contributed by atoms with Crippen LogP contribution in [0.2, 0.25) is 0 Å². The molecule has 0 spiro atoms. The van der Waals surface area contributed by atoms with Crippen molar-refractivity contribution in [1.29, 1.82) is 0 Å². The van der Waals surface area contributed by atoms with Crippen molar-refractivity contribution in [3.05, 3.63) is 29.3 Å². The Hall–Kier alpha value is -1.59. The first-order valence-electron chi connectivity index (χ1n) is 9.60. The number of ether oxygens (including phenoxy) is 2. The summed E-state index contributed by atoms with van der Waals surface area (Å²) in [5, 5.41) is 0. The molecule has 5 heteroatoms. The van der Waals surface area contributed by atoms with Gasteiger partial charge in [0.25, 0.3) is 5.91 Å². The molecule has 0 unspecified atom stereocenters. The lowest BCUT2D eigenvalue weighted by molar-refractivity contribution is -0.0969. The Kier molecular flexibility index (Phi) is 4.95. The minimum absolute atomic E-state index is 0.133. The Balaban J connectivity index is 1.54. The first-order valence-corrected chi connectivity index (χ1v) is 9.60. The molecule has 1 aromatic rings. The van der Waals surface area contributed by atoms with Gasteiger partial charge in [0.05, 0.1) is 18.8 Å². The predicted molar refractivity (Wildman–Crippen MR) is 96.9 cm³/mol. The molecule has 3 heterocycles. The Morgan fingerprint density at radius 1 is 1.08 bits per heavy atom. The molecule has 0 aromatic heterocycles. The molecule has 0 bridgehead atoms. The maximum absolute atomic E-state index is 13.3. The number of carbonyl (C=O) groups excluding carboxylic acids is 1. The zero-order valence-corrected chi connectivity index (χ0v) is 15.1. The highest BCUT2D eigenvalue weighted by Crippen LogP contribution is 2.30. The number of amides is 1. The largest absolute Gasteiger partial charge is 0.371 e. The van der Waals surface area contributed by atoms with Gasteiger partial charge >= 0.3 is 0 Å². The third-order valence-corrected chi connectivity index (χ3v) is 5.61. The fourth-order valence-electron chi connectivity index (χ4n) is 4.29. The van der Waals surface area contributed by atoms with Crippen LogP contribution < -0.4 is 4.90 Å². The van der Waals surface area contributed by atoms with Gasteiger partial charge in [-0.15, -0.1) is 0 Å². The highest BCUT2D eigenvalue weighted by Gasteiger charge is 2.34. The maximum Gasteiger partial charge on any atom is 0.255 e. The summed E-state index contributed by atoms with van der Waals surface area (Å²) in [5.74, 6) is 0.452. The Morgan fingerprint density at radius 3 is 2.60 bits per heavy atom. The molecule has 3 saturated heterocycles. The highest BCUT2D eigenvalue weighted by molar-refractivity contribution is 6.00. The number of carbonyl (C=O) groups is 1. The molecule has 0 saturated carbocycles. The van der Waals surface area contributed by atoms with Gasteiger partial charge in [0.2, 0.25) is 0 Å². The van der Waals surface area contributed by atoms with E-state index in [1.807, 2.05) is 4.90 Å². The number of rotatable bonds is 3. The van der Waals surface area contributed by atoms with Gasteiger partial charge in [0, 0.05) is 37.8 Å². The number of hydrogen-bond acceptors (Lipinski definition) is 4. The maximum atomic E-state index is 13.3. The van der Waals surface area contributed by atoms with Crippen molar-refractivity contribution < 1.29 is 14.3 Å². The van der Waals surface area contributed by atoms with Crippen molar-refractivity contribution in [1.82, 2.24) is 4.90 Å². The van der Waals surface area contributed by atoms with Crippen LogP contribution in [0.15, 0.2) is 18.2 Å². The van der Waals surface area contributed by atoms with Crippen LogP contribution in [0.25, 0.3) is 0 Å². The lowest BCUT2D eigenvalue weighted by Crippen LogP contribution is -2.44. The summed E-state index contributed by atoms with van der Waals surface area (Å²) in [4.78, 5) is 17.7. The van der Waals surface area contributed by atoms with E-state index in [0.717, 1.165) is 55.8 Å². The summed E-state index contributed by atoms with van der Waals surface area (Å²) in [7, 11) is 0. The summed E-state index contributed by atoms with van der Waals surface area (Å²) in [6.07, 6.45) is 4.38. The average Bonchev–Trinajstić information content (AvgIpc) is 3.35. The van der Waals surface area contributed by atoms with E-state index < -0.39 is 0 Å². The van der Waals surface area contributed by atoms with E-state index in [4.69, 9.17) is 9.47 Å². The van der Waals surface area contributed by atoms with E-state index in [-0.39, 0.29) is 12.2 Å². The molecular formula is C20H28N2O3. The van der Waals surface area contributed by atoms with Gasteiger partial charge in [-0.05, 0) is 44.7 Å². The second-order valence-electron chi connectivity index (χ2n) is 7.48. The quantitative estimate of drug-likeness (QED) is 0.846. The van der Waals surface area contributed by atoms with Crippen molar-refractivity contribution in [3.8, 4) is 0 Å². The van der Waals surface area contributed by atoms with Crippen molar-refractivity contribution >= 4 is 11.6 Å². The number of likely N-dealkylation sites (tertiary alicyclic amines) is 1. The second kappa shape index (κ2) is 7.34. The SMILES string of the molecule is Cc1ccc(N2CCCC2)c(C(=O)N2CCC[C@@H](C3OCCO3)C2)c1. The normalized spacial score (nSPS) is 24.9. The van der Waals surface area contributed by atoms with Crippen LogP contribution in [0.4, 0.5) is 5.69 Å². The third kappa shape index (κ3) is 3.53. The van der Waals surface area contributed by atoms with E-state index in [2.05, 4.69) is 30.0 Å². The molecule has 5 nitrogen and oxygen atoms in total. The number of nitrogens with zero attached hydrogens (tertiary/aromatic N) is 2. The van der Waals surface area contributed by atoms with Crippen LogP contribution in [-0.2, 0) is 9.47 Å². The van der Waals surface area contributed by atoms with Gasteiger partial charge in [-0.2, -0.15) is 0 Å². The molecule has 136 valence electrons. The van der Waals surface area contributed by atoms with E-state index >= 15 is 0 Å². The minimum atomic E-state index is -0.133. The fraction of sp³-hybridized carbons (Fsp3) is 0.650. The van der Waals surface area contributed by atoms with E-state index in [0.29, 0.717) is 19.1 Å². The fourth-order valence-corrected chi connectivity index (χ4v) is 4.29. The van der Waals surface area contributed by atoms with Crippen LogP contribution in [0, 0.1) is 12.8 Å². The average molecular weight is 344 g/mol. The number of anilines is 1. The van der Waals surface area contributed by atoms with E-state index in [1.165, 1.54) is 12.8 Å². The van der Waals surface area contributed by atoms with Gasteiger partial charge in [-0.1, -0.05) is 11.6 Å². The molecule has 3 aliphatic rings. The lowest BCUT2D eigenvalue weighted by atomic mass is 9.96. The van der Waals surface area contributed by atoms with Gasteiger partial charge in [-0.3, -0.25) is 4.79 Å². The summed E-state index contributed by atoms with van der Waals surface area (Å²) in [6.45, 7) is 7.07. The zero-order valence-electron chi connectivity index (χ0n) is 15.1. The number of aryl methyl sites for hydroxylation is 1. The van der Waals surface area contributed by atoms with Crippen molar-refractivity contribution in [2.75, 3.05) is 44.3 Å². The minimum Gasteiger partial charge on any atom is -0.371 e. The van der Waals surface area contributed by atoms with Gasteiger partial charge in [0.15, 0.2) is 6.29 Å². The Morgan fingerprint density at radius 2 is 1.84 bits per heavy atom. The predicted octanol–water partition coefficient (Wildman–Crippen LogP) is 2.82. The molecule has 4 rings (SSSR count). The molecule has 25 heavy (non-hydrogen) atoms. The molecule has 1 aromatic carbocycles. The summed E-state index contributed by atoms with van der Waals surface area (Å²) >= 11 is 0. The van der Waals surface area contributed by atoms with E-state index in [1.54, 1.807) is 0 Å². The van der Waals surface area contributed by atoms with Crippen LogP contribution >= 0.6 is 0 Å². The van der Waals surface area contributed by atoms with E-state index in [9.17, 15) is 4.79 Å². The molecule has 3 fully saturated rings. The first-order chi connectivity index (χ1) is 12.2. The standard InChI is InChI=1S/C20H28N2O3/c1-15-6-7-18(21-8-2-3-9-21)17(13-15)19(23)22-10-4-5-16(14-22)20-24-11-12-25-20/h6-7,13,16,20H,2-5,8-12,14H2,1H3/t16-/m1/s1. The monoisotopic (exact) mass is 344 g/mol. The molecule has 1 amide bonds. The topological polar surface area (TPSA) is 42.0 Å². The number of piperidine rings is 1. The zero-order chi connectivity index (χ0) is 17.2. The summed E-state index contributed by atoms with van der Waals surface area (Å²) < 4.78 is 11.4. The van der Waals surface area contributed by atoms with Crippen molar-refractivity contribution in [3.63, 3.8) is 0 Å². The number of benzene rings is 1. The summed E-state index contributed by atoms with van der Waals surface area (Å²) in [6, 6.07) is 6.30. The van der Waals surface area contributed by atoms with Gasteiger partial charge in [0.1, 0.15) is 0 Å². The first kappa shape index (κ1) is 16.9. The van der Waals surface area contributed by atoms with Crippen LogP contribution in [0.3, 0.4) is 0 Å². The second-order valence-corrected chi connectivity index (χ2v) is 7.48. The van der Waals surface area contributed by atoms with Crippen molar-refractivity contribution in [2.24, 2.45) is 5.92 Å². The molecule has 0 radical (unpaired) electrons. The van der Waals surface area contributed by atoms with Crippen LogP contribution in [0.1, 0.15) is 41.6 Å². The molecule has 3 aliphatic heterocycles. The van der Waals surface area contributed by atoms with Crippen LogP contribution in [0.5, 0.6) is 0 Å². The molecule has 0 N–H and O–H groups in total. The number of hydrogen-bond donors (Lipinski definition) is 0. The molecule has 0 aliphatic carbocycles. The van der Waals surface area contributed by atoms with Crippen molar-refractivity contribution in [2.45, 2.75) is 38.9 Å². The highest BCUT2D eigenvalue weighted by atomic mass is 16.7.